The molecule has 15 heavy (non-hydrogen) atoms. The molecule has 2 nitrogen and oxygen atoms in total. The normalized spacial score (nSPS) is 29.2. The third kappa shape index (κ3) is 2.73. The van der Waals surface area contributed by atoms with Crippen LogP contribution < -0.4 is 0 Å². The van der Waals surface area contributed by atoms with E-state index in [0.717, 1.165) is 32.1 Å². The Hall–Kier alpha value is -0.0800. The first-order chi connectivity index (χ1) is 7.21. The van der Waals surface area contributed by atoms with E-state index in [1.165, 1.54) is 32.1 Å². The molecular formula is C13H24O2. The minimum atomic E-state index is -0.739. The van der Waals surface area contributed by atoms with Crippen molar-refractivity contribution in [3.05, 3.63) is 0 Å². The zero-order valence-corrected chi connectivity index (χ0v) is 9.62. The molecule has 2 aliphatic rings. The molecule has 0 heterocycles. The summed E-state index contributed by atoms with van der Waals surface area (Å²) in [5.41, 5.74) is -0.739. The first-order valence-corrected chi connectivity index (χ1v) is 6.61. The maximum Gasteiger partial charge on any atom is 0.0905 e. The highest BCUT2D eigenvalue weighted by molar-refractivity contribution is 4.92. The molecule has 0 amide bonds. The van der Waals surface area contributed by atoms with Gasteiger partial charge in [-0.25, -0.2) is 0 Å². The van der Waals surface area contributed by atoms with E-state index in [9.17, 15) is 10.2 Å². The van der Waals surface area contributed by atoms with Crippen LogP contribution in [-0.2, 0) is 0 Å². The van der Waals surface area contributed by atoms with E-state index in [2.05, 4.69) is 0 Å². The summed E-state index contributed by atoms with van der Waals surface area (Å²) in [6.45, 7) is 0. The maximum atomic E-state index is 10.2. The lowest BCUT2D eigenvalue weighted by atomic mass is 9.81. The number of hydrogen-bond donors (Lipinski definition) is 2. The smallest absolute Gasteiger partial charge is 0.0905 e. The lowest BCUT2D eigenvalue weighted by Crippen LogP contribution is -2.40. The van der Waals surface area contributed by atoms with Crippen molar-refractivity contribution in [2.45, 2.75) is 75.9 Å². The topological polar surface area (TPSA) is 40.5 Å². The van der Waals surface area contributed by atoms with E-state index in [4.69, 9.17) is 0 Å². The van der Waals surface area contributed by atoms with Crippen LogP contribution in [0.1, 0.15) is 64.2 Å². The Labute approximate surface area is 92.7 Å². The van der Waals surface area contributed by atoms with E-state index in [-0.39, 0.29) is 0 Å². The monoisotopic (exact) mass is 212 g/mol. The first kappa shape index (κ1) is 11.4. The van der Waals surface area contributed by atoms with Crippen molar-refractivity contribution in [2.24, 2.45) is 5.92 Å². The van der Waals surface area contributed by atoms with Gasteiger partial charge < -0.3 is 10.2 Å². The molecule has 2 fully saturated rings. The van der Waals surface area contributed by atoms with Crippen molar-refractivity contribution < 1.29 is 10.2 Å². The molecule has 2 N–H and O–H groups in total. The molecule has 0 bridgehead atoms. The molecule has 0 aromatic rings. The summed E-state index contributed by atoms with van der Waals surface area (Å²) >= 11 is 0. The highest BCUT2D eigenvalue weighted by atomic mass is 16.3. The SMILES string of the molecule is OC(CC1CCCCC1)C1(O)CCCC1. The average Bonchev–Trinajstić information content (AvgIpc) is 2.68. The molecule has 88 valence electrons. The second-order valence-corrected chi connectivity index (χ2v) is 5.57. The number of hydrogen-bond acceptors (Lipinski definition) is 2. The third-order valence-corrected chi connectivity index (χ3v) is 4.37. The van der Waals surface area contributed by atoms with Crippen LogP contribution in [0.3, 0.4) is 0 Å². The van der Waals surface area contributed by atoms with Crippen LogP contribution in [-0.4, -0.2) is 21.9 Å². The van der Waals surface area contributed by atoms with Gasteiger partial charge in [0.05, 0.1) is 11.7 Å². The predicted octanol–water partition coefficient (Wildman–Crippen LogP) is 2.62. The van der Waals surface area contributed by atoms with Crippen molar-refractivity contribution in [1.29, 1.82) is 0 Å². The molecule has 0 aliphatic heterocycles. The standard InChI is InChI=1S/C13H24O2/c14-12(13(15)8-4-5-9-13)10-11-6-2-1-3-7-11/h11-12,14-15H,1-10H2. The molecule has 1 unspecified atom stereocenters. The van der Waals surface area contributed by atoms with Crippen LogP contribution in [0.25, 0.3) is 0 Å². The minimum Gasteiger partial charge on any atom is -0.390 e. The Morgan fingerprint density at radius 1 is 1.00 bits per heavy atom. The highest BCUT2D eigenvalue weighted by Gasteiger charge is 2.39. The summed E-state index contributed by atoms with van der Waals surface area (Å²) < 4.78 is 0. The Balaban J connectivity index is 1.82. The summed E-state index contributed by atoms with van der Waals surface area (Å²) in [5.74, 6) is 0.665. The summed E-state index contributed by atoms with van der Waals surface area (Å²) in [5, 5.41) is 20.4. The van der Waals surface area contributed by atoms with Gasteiger partial charge in [0.2, 0.25) is 0 Å². The molecule has 2 aliphatic carbocycles. The van der Waals surface area contributed by atoms with Gasteiger partial charge in [-0.15, -0.1) is 0 Å². The zero-order valence-electron chi connectivity index (χ0n) is 9.62. The molecule has 0 aromatic heterocycles. The van der Waals surface area contributed by atoms with Crippen molar-refractivity contribution in [2.75, 3.05) is 0 Å². The summed E-state index contributed by atoms with van der Waals surface area (Å²) in [6, 6.07) is 0. The van der Waals surface area contributed by atoms with Crippen molar-refractivity contribution in [3.8, 4) is 0 Å². The molecular weight excluding hydrogens is 188 g/mol. The lowest BCUT2D eigenvalue weighted by Gasteiger charge is -2.32. The van der Waals surface area contributed by atoms with Gasteiger partial charge >= 0.3 is 0 Å². The van der Waals surface area contributed by atoms with E-state index in [1.54, 1.807) is 0 Å². The van der Waals surface area contributed by atoms with Crippen molar-refractivity contribution >= 4 is 0 Å². The summed E-state index contributed by atoms with van der Waals surface area (Å²) in [7, 11) is 0. The van der Waals surface area contributed by atoms with Gasteiger partial charge in [-0.05, 0) is 25.2 Å². The van der Waals surface area contributed by atoms with Crippen molar-refractivity contribution in [1.82, 2.24) is 0 Å². The Kier molecular flexibility index (Phi) is 3.68. The quantitative estimate of drug-likeness (QED) is 0.755. The van der Waals surface area contributed by atoms with Gasteiger partial charge in [-0.2, -0.15) is 0 Å². The van der Waals surface area contributed by atoms with Gasteiger partial charge in [0.1, 0.15) is 0 Å². The third-order valence-electron chi connectivity index (χ3n) is 4.37. The molecule has 2 rings (SSSR count). The van der Waals surface area contributed by atoms with E-state index < -0.39 is 11.7 Å². The lowest BCUT2D eigenvalue weighted by molar-refractivity contribution is -0.0806. The van der Waals surface area contributed by atoms with Crippen LogP contribution in [0.5, 0.6) is 0 Å². The summed E-state index contributed by atoms with van der Waals surface area (Å²) in [6.07, 6.45) is 10.6. The van der Waals surface area contributed by atoms with Gasteiger partial charge in [0.25, 0.3) is 0 Å². The number of aliphatic hydroxyl groups is 2. The maximum absolute atomic E-state index is 10.2. The molecule has 0 aromatic carbocycles. The second-order valence-electron chi connectivity index (χ2n) is 5.57. The molecule has 0 saturated heterocycles. The van der Waals surface area contributed by atoms with Gasteiger partial charge in [0.15, 0.2) is 0 Å². The van der Waals surface area contributed by atoms with E-state index >= 15 is 0 Å². The first-order valence-electron chi connectivity index (χ1n) is 6.61. The van der Waals surface area contributed by atoms with Crippen LogP contribution in [0.4, 0.5) is 0 Å². The molecule has 2 saturated carbocycles. The molecule has 2 heteroatoms. The van der Waals surface area contributed by atoms with E-state index in [0.29, 0.717) is 5.92 Å². The van der Waals surface area contributed by atoms with E-state index in [1.807, 2.05) is 0 Å². The van der Waals surface area contributed by atoms with Crippen LogP contribution >= 0.6 is 0 Å². The van der Waals surface area contributed by atoms with Gasteiger partial charge in [0, 0.05) is 0 Å². The molecule has 0 radical (unpaired) electrons. The predicted molar refractivity (Wildman–Crippen MR) is 60.6 cm³/mol. The highest BCUT2D eigenvalue weighted by Crippen LogP contribution is 2.37. The fraction of sp³-hybridized carbons (Fsp3) is 1.00. The van der Waals surface area contributed by atoms with Crippen molar-refractivity contribution in [3.63, 3.8) is 0 Å². The number of aliphatic hydroxyl groups excluding tert-OH is 1. The average molecular weight is 212 g/mol. The fourth-order valence-electron chi connectivity index (χ4n) is 3.28. The Morgan fingerprint density at radius 2 is 1.60 bits per heavy atom. The largest absolute Gasteiger partial charge is 0.390 e. The zero-order chi connectivity index (χ0) is 10.7. The Morgan fingerprint density at radius 3 is 2.20 bits per heavy atom. The molecule has 1 atom stereocenters. The van der Waals surface area contributed by atoms with Crippen LogP contribution in [0.2, 0.25) is 0 Å². The number of rotatable bonds is 3. The van der Waals surface area contributed by atoms with Crippen LogP contribution in [0.15, 0.2) is 0 Å². The summed E-state index contributed by atoms with van der Waals surface area (Å²) in [4.78, 5) is 0. The van der Waals surface area contributed by atoms with Crippen LogP contribution in [0, 0.1) is 5.92 Å². The van der Waals surface area contributed by atoms with Gasteiger partial charge in [-0.1, -0.05) is 44.9 Å². The van der Waals surface area contributed by atoms with Gasteiger partial charge in [-0.3, -0.25) is 0 Å². The molecule has 0 spiro atoms. The Bertz CT molecular complexity index is 191. The second kappa shape index (κ2) is 4.84. The minimum absolute atomic E-state index is 0.469. The fourth-order valence-corrected chi connectivity index (χ4v) is 3.28.